The van der Waals surface area contributed by atoms with Crippen molar-refractivity contribution in [2.24, 2.45) is 0 Å². The fraction of sp³-hybridized carbons (Fsp3) is 0.364. The highest BCUT2D eigenvalue weighted by molar-refractivity contribution is 6.07. The van der Waals surface area contributed by atoms with E-state index in [9.17, 15) is 0 Å². The molecule has 0 fully saturated rings. The van der Waals surface area contributed by atoms with Crippen molar-refractivity contribution in [3.8, 4) is 0 Å². The number of allylic oxidation sites excluding steroid dienone is 4. The molecule has 1 aliphatic rings. The average molecular weight is 179 g/mol. The Labute approximate surface area is 78.9 Å². The van der Waals surface area contributed by atoms with Crippen LogP contribution in [0.25, 0.3) is 0 Å². The molecule has 2 heteroatoms. The van der Waals surface area contributed by atoms with Crippen LogP contribution >= 0.6 is 0 Å². The number of hydrogen-bond acceptors (Lipinski definition) is 1. The van der Waals surface area contributed by atoms with Gasteiger partial charge in [-0.25, -0.2) is 0 Å². The summed E-state index contributed by atoms with van der Waals surface area (Å²) in [5.41, 5.74) is 0.874. The van der Waals surface area contributed by atoms with E-state index in [0.717, 1.165) is 17.1 Å². The summed E-state index contributed by atoms with van der Waals surface area (Å²) in [7, 11) is 1.63. The van der Waals surface area contributed by atoms with Crippen LogP contribution < -0.4 is 0 Å². The van der Waals surface area contributed by atoms with E-state index in [4.69, 9.17) is 9.16 Å². The molecule has 0 amide bonds. The zero-order chi connectivity index (χ0) is 9.84. The molecule has 0 aromatic heterocycles. The van der Waals surface area contributed by atoms with Gasteiger partial charge in [0.2, 0.25) is 0 Å². The van der Waals surface area contributed by atoms with E-state index in [1.54, 1.807) is 7.11 Å². The molecular formula is C11H15O2+. The van der Waals surface area contributed by atoms with Gasteiger partial charge in [0.1, 0.15) is 5.76 Å². The van der Waals surface area contributed by atoms with Gasteiger partial charge < -0.3 is 4.74 Å². The molecule has 13 heavy (non-hydrogen) atoms. The van der Waals surface area contributed by atoms with Gasteiger partial charge in [0.05, 0.1) is 17.8 Å². The number of hydrogen-bond donors (Lipinski definition) is 0. The maximum absolute atomic E-state index is 5.50. The predicted octanol–water partition coefficient (Wildman–Crippen LogP) is 2.16. The topological polar surface area (TPSA) is 20.5 Å². The summed E-state index contributed by atoms with van der Waals surface area (Å²) in [5.74, 6) is 1.58. The second-order valence-corrected chi connectivity index (χ2v) is 3.14. The molecule has 0 aromatic carbocycles. The van der Waals surface area contributed by atoms with E-state index >= 15 is 0 Å². The van der Waals surface area contributed by atoms with Gasteiger partial charge in [-0.05, 0) is 26.0 Å². The van der Waals surface area contributed by atoms with Crippen LogP contribution in [0.3, 0.4) is 0 Å². The second-order valence-electron chi connectivity index (χ2n) is 3.14. The van der Waals surface area contributed by atoms with Crippen molar-refractivity contribution in [3.05, 3.63) is 36.1 Å². The van der Waals surface area contributed by atoms with Crippen LogP contribution in [-0.2, 0) is 9.16 Å². The molecule has 0 atom stereocenters. The first-order chi connectivity index (χ1) is 6.13. The van der Waals surface area contributed by atoms with Crippen molar-refractivity contribution in [2.75, 3.05) is 7.11 Å². The van der Waals surface area contributed by atoms with E-state index in [1.807, 2.05) is 32.1 Å². The molecule has 0 unspecified atom stereocenters. The third-order valence-electron chi connectivity index (χ3n) is 1.63. The van der Waals surface area contributed by atoms with Crippen LogP contribution in [-0.4, -0.2) is 19.0 Å². The Balaban J connectivity index is 2.79. The Morgan fingerprint density at radius 1 is 1.38 bits per heavy atom. The van der Waals surface area contributed by atoms with Gasteiger partial charge in [0.15, 0.2) is 0 Å². The lowest BCUT2D eigenvalue weighted by molar-refractivity contribution is -0.418. The van der Waals surface area contributed by atoms with Gasteiger partial charge in [0.25, 0.3) is 7.11 Å². The molecule has 2 nitrogen and oxygen atoms in total. The van der Waals surface area contributed by atoms with Gasteiger partial charge in [-0.15, -0.1) is 0 Å². The third-order valence-corrected chi connectivity index (χ3v) is 1.63. The Morgan fingerprint density at radius 3 is 2.62 bits per heavy atom. The molecule has 1 rings (SSSR count). The van der Waals surface area contributed by atoms with E-state index < -0.39 is 0 Å². The first-order valence-corrected chi connectivity index (χ1v) is 4.30. The monoisotopic (exact) mass is 179 g/mol. The Hall–Kier alpha value is -1.31. The van der Waals surface area contributed by atoms with Gasteiger partial charge in [-0.2, -0.15) is 0 Å². The molecule has 70 valence electrons. The molecule has 0 heterocycles. The van der Waals surface area contributed by atoms with Crippen molar-refractivity contribution in [1.82, 2.24) is 0 Å². The fourth-order valence-electron chi connectivity index (χ4n) is 1.07. The molecule has 0 aromatic rings. The molecule has 0 spiro atoms. The Kier molecular flexibility index (Phi) is 3.07. The summed E-state index contributed by atoms with van der Waals surface area (Å²) in [6.45, 7) is 7.81. The number of ether oxygens (including phenoxy) is 1. The second kappa shape index (κ2) is 4.08. The highest BCUT2D eigenvalue weighted by atomic mass is 16.5. The van der Waals surface area contributed by atoms with Gasteiger partial charge >= 0.3 is 5.78 Å². The van der Waals surface area contributed by atoms with E-state index in [-0.39, 0.29) is 6.10 Å². The predicted molar refractivity (Wildman–Crippen MR) is 53.5 cm³/mol. The normalized spacial score (nSPS) is 19.5. The Bertz CT molecular complexity index is 293. The molecule has 0 saturated carbocycles. The zero-order valence-electron chi connectivity index (χ0n) is 8.33. The molecule has 0 saturated heterocycles. The quantitative estimate of drug-likeness (QED) is 0.470. The van der Waals surface area contributed by atoms with Crippen molar-refractivity contribution in [2.45, 2.75) is 20.0 Å². The van der Waals surface area contributed by atoms with Crippen molar-refractivity contribution >= 4 is 5.78 Å². The highest BCUT2D eigenvalue weighted by Crippen LogP contribution is 2.13. The van der Waals surface area contributed by atoms with Gasteiger partial charge in [0, 0.05) is 0 Å². The molecule has 0 N–H and O–H groups in total. The lowest BCUT2D eigenvalue weighted by Gasteiger charge is -2.11. The largest absolute Gasteiger partial charge is 0.491 e. The minimum Gasteiger partial charge on any atom is -0.491 e. The van der Waals surface area contributed by atoms with E-state index in [2.05, 4.69) is 6.58 Å². The molecule has 0 bridgehead atoms. The maximum Gasteiger partial charge on any atom is 0.353 e. The zero-order valence-corrected chi connectivity index (χ0v) is 8.33. The average Bonchev–Trinajstić information content (AvgIpc) is 2.07. The number of rotatable bonds is 2. The van der Waals surface area contributed by atoms with Gasteiger partial charge in [-0.1, -0.05) is 6.58 Å². The molecule has 0 radical (unpaired) electrons. The standard InChI is InChI=1S/C11H15O2/c1-8(2)13-10-6-5-9(3)11(7-10)12-4/h5-8H,3H2,1-2,4H3/q+1. The van der Waals surface area contributed by atoms with Crippen LogP contribution in [0.2, 0.25) is 0 Å². The third kappa shape index (κ3) is 2.58. The SMILES string of the molecule is C=C1C=CC(OC(C)C)=CC1=[O+]C. The van der Waals surface area contributed by atoms with Crippen LogP contribution in [0.15, 0.2) is 36.1 Å². The minimum absolute atomic E-state index is 0.181. The lowest BCUT2D eigenvalue weighted by Crippen LogP contribution is -2.08. The summed E-state index contributed by atoms with van der Waals surface area (Å²) in [4.78, 5) is 0. The first kappa shape index (κ1) is 9.78. The van der Waals surface area contributed by atoms with Crippen LogP contribution in [0, 0.1) is 0 Å². The Morgan fingerprint density at radius 2 is 2.08 bits per heavy atom. The summed E-state index contributed by atoms with van der Waals surface area (Å²) in [6.07, 6.45) is 5.81. The van der Waals surface area contributed by atoms with E-state index in [0.29, 0.717) is 0 Å². The smallest absolute Gasteiger partial charge is 0.353 e. The first-order valence-electron chi connectivity index (χ1n) is 4.30. The summed E-state index contributed by atoms with van der Waals surface area (Å²) < 4.78 is 10.6. The molecule has 1 aliphatic carbocycles. The van der Waals surface area contributed by atoms with E-state index in [1.165, 1.54) is 0 Å². The van der Waals surface area contributed by atoms with Crippen molar-refractivity contribution in [3.63, 3.8) is 0 Å². The lowest BCUT2D eigenvalue weighted by atomic mass is 10.1. The van der Waals surface area contributed by atoms with Crippen LogP contribution in [0.1, 0.15) is 13.8 Å². The molecular weight excluding hydrogens is 164 g/mol. The number of ketones is 1. The summed E-state index contributed by atoms with van der Waals surface area (Å²) in [5, 5.41) is 0. The highest BCUT2D eigenvalue weighted by Gasteiger charge is 2.16. The van der Waals surface area contributed by atoms with Crippen LogP contribution in [0.5, 0.6) is 0 Å². The summed E-state index contributed by atoms with van der Waals surface area (Å²) >= 11 is 0. The van der Waals surface area contributed by atoms with Crippen molar-refractivity contribution < 1.29 is 9.16 Å². The minimum atomic E-state index is 0.181. The maximum atomic E-state index is 5.50. The van der Waals surface area contributed by atoms with Crippen LogP contribution in [0.4, 0.5) is 0 Å². The molecule has 0 aliphatic heterocycles. The fourth-order valence-corrected chi connectivity index (χ4v) is 1.07. The summed E-state index contributed by atoms with van der Waals surface area (Å²) in [6, 6.07) is 0. The van der Waals surface area contributed by atoms with Gasteiger partial charge in [-0.3, -0.25) is 4.42 Å². The number of carbonyl (C=O) groups excluding carboxylic acids is 1. The van der Waals surface area contributed by atoms with Crippen molar-refractivity contribution in [1.29, 1.82) is 0 Å².